The number of hydrogen-bond donors (Lipinski definition) is 2. The van der Waals surface area contributed by atoms with Crippen LogP contribution < -0.4 is 10.6 Å². The second-order valence-corrected chi connectivity index (χ2v) is 7.70. The molecule has 6 nitrogen and oxygen atoms in total. The number of nitrogens with one attached hydrogen (secondary N) is 2. The van der Waals surface area contributed by atoms with E-state index < -0.39 is 0 Å². The Balaban J connectivity index is 1.70. The van der Waals surface area contributed by atoms with Crippen molar-refractivity contribution in [2.45, 2.75) is 18.2 Å². The summed E-state index contributed by atoms with van der Waals surface area (Å²) in [6.07, 6.45) is 0. The number of hydrogen-bond acceptors (Lipinski definition) is 7. The molecule has 0 fully saturated rings. The second kappa shape index (κ2) is 9.39. The number of ketones is 1. The quantitative estimate of drug-likeness (QED) is 0.526. The Kier molecular flexibility index (Phi) is 7.20. The van der Waals surface area contributed by atoms with E-state index in [-0.39, 0.29) is 24.0 Å². The molecule has 1 amide bonds. The van der Waals surface area contributed by atoms with E-state index in [1.165, 1.54) is 23.1 Å². The summed E-state index contributed by atoms with van der Waals surface area (Å²) in [5, 5.41) is 14.6. The van der Waals surface area contributed by atoms with E-state index in [4.69, 9.17) is 0 Å². The first-order valence-electron chi connectivity index (χ1n) is 7.59. The third-order valence-corrected chi connectivity index (χ3v) is 4.95. The van der Waals surface area contributed by atoms with Gasteiger partial charge in [-0.15, -0.1) is 10.2 Å². The smallest absolute Gasteiger partial charge is 0.230 e. The van der Waals surface area contributed by atoms with Gasteiger partial charge in [0.2, 0.25) is 11.0 Å². The molecule has 0 bridgehead atoms. The average Bonchev–Trinajstić information content (AvgIpc) is 3.04. The van der Waals surface area contributed by atoms with E-state index in [0.717, 1.165) is 16.0 Å². The Morgan fingerprint density at radius 1 is 1.21 bits per heavy atom. The van der Waals surface area contributed by atoms with E-state index in [1.807, 2.05) is 6.07 Å². The van der Waals surface area contributed by atoms with Crippen LogP contribution in [0.1, 0.15) is 24.2 Å². The van der Waals surface area contributed by atoms with E-state index in [2.05, 4.69) is 34.7 Å². The van der Waals surface area contributed by atoms with Gasteiger partial charge in [0.1, 0.15) is 0 Å². The highest BCUT2D eigenvalue weighted by Crippen LogP contribution is 2.25. The number of benzene rings is 1. The number of nitrogens with zero attached hydrogens (tertiary/aromatic N) is 2. The van der Waals surface area contributed by atoms with Crippen LogP contribution in [0.25, 0.3) is 0 Å². The standard InChI is InChI=1S/C16H20N4O2S2/c1-11(2)8-18-15-19-20-16(24-15)23-10-14(22)17-9-13(21)12-6-4-3-5-7-12/h3-7,11H,8-10H2,1-2H3,(H,17,22)(H,18,19). The van der Waals surface area contributed by atoms with Crippen LogP contribution >= 0.6 is 23.1 Å². The van der Waals surface area contributed by atoms with Crippen LogP contribution in [-0.2, 0) is 4.79 Å². The zero-order chi connectivity index (χ0) is 17.4. The molecule has 0 aliphatic rings. The Labute approximate surface area is 149 Å². The molecule has 2 rings (SSSR count). The van der Waals surface area contributed by atoms with Crippen molar-refractivity contribution in [1.82, 2.24) is 15.5 Å². The maximum absolute atomic E-state index is 11.9. The highest BCUT2D eigenvalue weighted by atomic mass is 32.2. The summed E-state index contributed by atoms with van der Waals surface area (Å²) in [5.41, 5.74) is 0.593. The maximum Gasteiger partial charge on any atom is 0.230 e. The van der Waals surface area contributed by atoms with Gasteiger partial charge in [-0.1, -0.05) is 67.3 Å². The van der Waals surface area contributed by atoms with Crippen LogP contribution in [0.2, 0.25) is 0 Å². The van der Waals surface area contributed by atoms with Gasteiger partial charge >= 0.3 is 0 Å². The number of aromatic nitrogens is 2. The summed E-state index contributed by atoms with van der Waals surface area (Å²) < 4.78 is 0.728. The number of carbonyl (C=O) groups is 2. The van der Waals surface area contributed by atoms with Crippen molar-refractivity contribution >= 4 is 39.9 Å². The third-order valence-electron chi connectivity index (χ3n) is 2.94. The summed E-state index contributed by atoms with van der Waals surface area (Å²) in [4.78, 5) is 23.7. The van der Waals surface area contributed by atoms with Gasteiger partial charge in [-0.2, -0.15) is 0 Å². The van der Waals surface area contributed by atoms with E-state index in [9.17, 15) is 9.59 Å². The van der Waals surface area contributed by atoms with Crippen LogP contribution in [-0.4, -0.2) is 40.7 Å². The lowest BCUT2D eigenvalue weighted by atomic mass is 10.1. The molecular formula is C16H20N4O2S2. The molecule has 0 saturated carbocycles. The summed E-state index contributed by atoms with van der Waals surface area (Å²) in [6.45, 7) is 5.07. The summed E-state index contributed by atoms with van der Waals surface area (Å²) in [6, 6.07) is 8.90. The highest BCUT2D eigenvalue weighted by Gasteiger charge is 2.10. The molecule has 1 heterocycles. The van der Waals surface area contributed by atoms with Crippen molar-refractivity contribution < 1.29 is 9.59 Å². The third kappa shape index (κ3) is 6.29. The minimum Gasteiger partial charge on any atom is -0.360 e. The molecular weight excluding hydrogens is 344 g/mol. The lowest BCUT2D eigenvalue weighted by Crippen LogP contribution is -2.30. The zero-order valence-corrected chi connectivity index (χ0v) is 15.2. The van der Waals surface area contributed by atoms with Gasteiger partial charge in [-0.05, 0) is 5.92 Å². The fraction of sp³-hybridized carbons (Fsp3) is 0.375. The molecule has 24 heavy (non-hydrogen) atoms. The molecule has 0 spiro atoms. The first-order chi connectivity index (χ1) is 11.5. The monoisotopic (exact) mass is 364 g/mol. The molecule has 2 aromatic rings. The van der Waals surface area contributed by atoms with Crippen molar-refractivity contribution in [2.75, 3.05) is 24.2 Å². The molecule has 0 aliphatic heterocycles. The van der Waals surface area contributed by atoms with Crippen LogP contribution in [0, 0.1) is 5.92 Å². The fourth-order valence-electron chi connectivity index (χ4n) is 1.71. The molecule has 0 radical (unpaired) electrons. The minimum atomic E-state index is -0.198. The van der Waals surface area contributed by atoms with Gasteiger partial charge in [0.05, 0.1) is 12.3 Å². The van der Waals surface area contributed by atoms with E-state index in [1.54, 1.807) is 24.3 Å². The maximum atomic E-state index is 11.9. The predicted octanol–water partition coefficient (Wildman–Crippen LogP) is 2.70. The van der Waals surface area contributed by atoms with Gasteiger partial charge < -0.3 is 10.6 Å². The molecule has 0 unspecified atom stereocenters. The number of anilines is 1. The molecule has 0 saturated heterocycles. The normalized spacial score (nSPS) is 10.6. The molecule has 1 aromatic carbocycles. The van der Waals surface area contributed by atoms with Gasteiger partial charge in [0.15, 0.2) is 10.1 Å². The molecule has 1 aromatic heterocycles. The number of Topliss-reactive ketones (excluding diaryl/α,β-unsaturated/α-hetero) is 1. The van der Waals surface area contributed by atoms with Crippen molar-refractivity contribution in [3.05, 3.63) is 35.9 Å². The van der Waals surface area contributed by atoms with Crippen LogP contribution in [0.5, 0.6) is 0 Å². The topological polar surface area (TPSA) is 84.0 Å². The highest BCUT2D eigenvalue weighted by molar-refractivity contribution is 8.01. The van der Waals surface area contributed by atoms with Crippen LogP contribution in [0.15, 0.2) is 34.7 Å². The average molecular weight is 364 g/mol. The van der Waals surface area contributed by atoms with Crippen molar-refractivity contribution in [3.8, 4) is 0 Å². The SMILES string of the molecule is CC(C)CNc1nnc(SCC(=O)NCC(=O)c2ccccc2)s1. The Morgan fingerprint density at radius 3 is 2.67 bits per heavy atom. The molecule has 0 aliphatic carbocycles. The zero-order valence-electron chi connectivity index (χ0n) is 13.6. The molecule has 8 heteroatoms. The Hall–Kier alpha value is -1.93. The Bertz CT molecular complexity index is 674. The molecule has 128 valence electrons. The van der Waals surface area contributed by atoms with Gasteiger partial charge in [0.25, 0.3) is 0 Å². The summed E-state index contributed by atoms with van der Waals surface area (Å²) in [7, 11) is 0. The number of carbonyl (C=O) groups excluding carboxylic acids is 2. The summed E-state index contributed by atoms with van der Waals surface area (Å²) in [5.74, 6) is 0.431. The van der Waals surface area contributed by atoms with E-state index in [0.29, 0.717) is 11.5 Å². The lowest BCUT2D eigenvalue weighted by molar-refractivity contribution is -0.118. The number of amides is 1. The minimum absolute atomic E-state index is 0.000714. The first-order valence-corrected chi connectivity index (χ1v) is 9.40. The lowest BCUT2D eigenvalue weighted by Gasteiger charge is -2.04. The predicted molar refractivity (Wildman–Crippen MR) is 97.7 cm³/mol. The van der Waals surface area contributed by atoms with Crippen molar-refractivity contribution in [2.24, 2.45) is 5.92 Å². The number of thioether (sulfide) groups is 1. The summed E-state index contributed by atoms with van der Waals surface area (Å²) >= 11 is 2.73. The first kappa shape index (κ1) is 18.4. The number of rotatable bonds is 9. The van der Waals surface area contributed by atoms with Crippen molar-refractivity contribution in [3.63, 3.8) is 0 Å². The second-order valence-electron chi connectivity index (χ2n) is 5.50. The van der Waals surface area contributed by atoms with Crippen LogP contribution in [0.3, 0.4) is 0 Å². The van der Waals surface area contributed by atoms with Gasteiger partial charge in [-0.25, -0.2) is 0 Å². The van der Waals surface area contributed by atoms with Crippen LogP contribution in [0.4, 0.5) is 5.13 Å². The largest absolute Gasteiger partial charge is 0.360 e. The van der Waals surface area contributed by atoms with Gasteiger partial charge in [0, 0.05) is 12.1 Å². The van der Waals surface area contributed by atoms with Gasteiger partial charge in [-0.3, -0.25) is 9.59 Å². The Morgan fingerprint density at radius 2 is 1.96 bits per heavy atom. The molecule has 2 N–H and O–H groups in total. The molecule has 0 atom stereocenters. The van der Waals surface area contributed by atoms with E-state index >= 15 is 0 Å². The fourth-order valence-corrected chi connectivity index (χ4v) is 3.30. The van der Waals surface area contributed by atoms with Crippen molar-refractivity contribution in [1.29, 1.82) is 0 Å².